The van der Waals surface area contributed by atoms with E-state index in [4.69, 9.17) is 5.84 Å². The van der Waals surface area contributed by atoms with Gasteiger partial charge in [0.2, 0.25) is 0 Å². The second-order valence-electron chi connectivity index (χ2n) is 2.55. The summed E-state index contributed by atoms with van der Waals surface area (Å²) in [6.07, 6.45) is 7.05. The second kappa shape index (κ2) is 3.82. The lowest BCUT2D eigenvalue weighted by Crippen LogP contribution is -2.35. The number of nitrogens with two attached hydrogens (primary N) is 1. The molecule has 1 amide bonds. The van der Waals surface area contributed by atoms with E-state index in [0.717, 1.165) is 0 Å². The molecular weight excluding hydrogens is 154 g/mol. The largest absolute Gasteiger partial charge is 0.289 e. The molecule has 4 heteroatoms. The summed E-state index contributed by atoms with van der Waals surface area (Å²) in [6.45, 7) is 2.01. The molecule has 0 bridgehead atoms. The lowest BCUT2D eigenvalue weighted by molar-refractivity contribution is -0.114. The van der Waals surface area contributed by atoms with Gasteiger partial charge in [0.05, 0.1) is 0 Å². The molecule has 0 aromatic heterocycles. The van der Waals surface area contributed by atoms with E-state index in [-0.39, 0.29) is 5.91 Å². The molecule has 0 radical (unpaired) electrons. The summed E-state index contributed by atoms with van der Waals surface area (Å²) in [5.41, 5.74) is 2.35. The number of nitrogens with zero attached hydrogens (tertiary/aromatic N) is 1. The van der Waals surface area contributed by atoms with Crippen molar-refractivity contribution in [2.45, 2.75) is 6.92 Å². The number of hydrogen-bond acceptors (Lipinski definition) is 3. The van der Waals surface area contributed by atoms with Gasteiger partial charge in [0.1, 0.15) is 5.71 Å². The van der Waals surface area contributed by atoms with Gasteiger partial charge in [-0.15, -0.1) is 0 Å². The topological polar surface area (TPSA) is 67.5 Å². The molecule has 0 aromatic rings. The maximum atomic E-state index is 11.0. The summed E-state index contributed by atoms with van der Waals surface area (Å²) in [6, 6.07) is 0. The number of hydrogen-bond donors (Lipinski definition) is 2. The van der Waals surface area contributed by atoms with Crippen molar-refractivity contribution in [1.29, 1.82) is 0 Å². The minimum absolute atomic E-state index is 0.303. The number of carbonyl (C=O) groups excluding carboxylic acids is 1. The molecule has 64 valence electrons. The third kappa shape index (κ3) is 2.03. The molecular formula is C8H11N3O. The Hall–Kier alpha value is -1.42. The van der Waals surface area contributed by atoms with Gasteiger partial charge in [0, 0.05) is 6.20 Å². The first-order valence-corrected chi connectivity index (χ1v) is 3.67. The van der Waals surface area contributed by atoms with E-state index in [2.05, 4.69) is 4.99 Å². The molecule has 1 aliphatic heterocycles. The maximum absolute atomic E-state index is 11.0. The first kappa shape index (κ1) is 8.67. The average Bonchev–Trinajstić information content (AvgIpc) is 2.29. The molecule has 0 aromatic carbocycles. The molecule has 3 N–H and O–H groups in total. The van der Waals surface area contributed by atoms with E-state index >= 15 is 0 Å². The lowest BCUT2D eigenvalue weighted by Gasteiger charge is -1.95. The Kier molecular flexibility index (Phi) is 2.76. The fourth-order valence-corrected chi connectivity index (χ4v) is 0.817. The Balaban J connectivity index is 2.80. The Labute approximate surface area is 70.8 Å². The summed E-state index contributed by atoms with van der Waals surface area (Å²) in [4.78, 5) is 14.9. The van der Waals surface area contributed by atoms with Gasteiger partial charge in [0.15, 0.2) is 0 Å². The van der Waals surface area contributed by atoms with Crippen molar-refractivity contribution in [2.24, 2.45) is 16.8 Å². The van der Waals surface area contributed by atoms with Crippen molar-refractivity contribution in [1.82, 2.24) is 5.43 Å². The Morgan fingerprint density at radius 2 is 2.42 bits per heavy atom. The number of carbonyl (C=O) groups is 1. The first-order valence-electron chi connectivity index (χ1n) is 3.67. The van der Waals surface area contributed by atoms with Crippen molar-refractivity contribution in [2.75, 3.05) is 0 Å². The van der Waals surface area contributed by atoms with Crippen molar-refractivity contribution in [3.05, 3.63) is 24.4 Å². The third-order valence-corrected chi connectivity index (χ3v) is 1.52. The molecule has 1 aliphatic rings. The van der Waals surface area contributed by atoms with Crippen LogP contribution in [0.25, 0.3) is 0 Å². The average molecular weight is 165 g/mol. The fraction of sp³-hybridized carbons (Fsp3) is 0.250. The van der Waals surface area contributed by atoms with Crippen LogP contribution in [-0.2, 0) is 4.79 Å². The number of hydrazine groups is 1. The van der Waals surface area contributed by atoms with Crippen LogP contribution in [0.4, 0.5) is 0 Å². The van der Waals surface area contributed by atoms with Gasteiger partial charge in [-0.05, 0) is 12.0 Å². The van der Waals surface area contributed by atoms with Crippen LogP contribution >= 0.6 is 0 Å². The SMILES string of the molecule is CC1C=CN=C(C(=O)NN)C=C1. The molecule has 1 unspecified atom stereocenters. The molecule has 0 spiro atoms. The predicted octanol–water partition coefficient (Wildman–Crippen LogP) is 0.137. The van der Waals surface area contributed by atoms with Crippen molar-refractivity contribution < 1.29 is 4.79 Å². The highest BCUT2D eigenvalue weighted by Crippen LogP contribution is 2.03. The van der Waals surface area contributed by atoms with E-state index in [0.29, 0.717) is 11.6 Å². The molecule has 1 heterocycles. The minimum Gasteiger partial charge on any atom is -0.289 e. The zero-order valence-electron chi connectivity index (χ0n) is 6.82. The van der Waals surface area contributed by atoms with E-state index in [1.165, 1.54) is 0 Å². The van der Waals surface area contributed by atoms with Gasteiger partial charge in [-0.2, -0.15) is 0 Å². The van der Waals surface area contributed by atoms with E-state index < -0.39 is 0 Å². The summed E-state index contributed by atoms with van der Waals surface area (Å²) in [5, 5.41) is 0. The highest BCUT2D eigenvalue weighted by atomic mass is 16.2. The summed E-state index contributed by atoms with van der Waals surface area (Å²) in [5.74, 6) is 4.88. The van der Waals surface area contributed by atoms with Gasteiger partial charge < -0.3 is 0 Å². The van der Waals surface area contributed by atoms with Gasteiger partial charge >= 0.3 is 0 Å². The number of aliphatic imine (C=N–C) groups is 1. The van der Waals surface area contributed by atoms with Gasteiger partial charge in [-0.25, -0.2) is 5.84 Å². The quantitative estimate of drug-likeness (QED) is 0.329. The van der Waals surface area contributed by atoms with Crippen LogP contribution in [0, 0.1) is 5.92 Å². The van der Waals surface area contributed by atoms with Crippen LogP contribution in [0.15, 0.2) is 29.4 Å². The molecule has 0 saturated carbocycles. The van der Waals surface area contributed by atoms with Crippen LogP contribution in [0.3, 0.4) is 0 Å². The fourth-order valence-electron chi connectivity index (χ4n) is 0.817. The lowest BCUT2D eigenvalue weighted by atomic mass is 10.1. The van der Waals surface area contributed by atoms with E-state index in [1.807, 2.05) is 24.5 Å². The highest BCUT2D eigenvalue weighted by Gasteiger charge is 2.06. The van der Waals surface area contributed by atoms with Gasteiger partial charge in [-0.3, -0.25) is 15.2 Å². The third-order valence-electron chi connectivity index (χ3n) is 1.52. The molecule has 1 atom stereocenters. The van der Waals surface area contributed by atoms with Crippen molar-refractivity contribution in [3.8, 4) is 0 Å². The smallest absolute Gasteiger partial charge is 0.283 e. The molecule has 4 nitrogen and oxygen atoms in total. The molecule has 1 rings (SSSR count). The van der Waals surface area contributed by atoms with Crippen molar-refractivity contribution >= 4 is 11.6 Å². The van der Waals surface area contributed by atoms with Crippen LogP contribution in [-0.4, -0.2) is 11.6 Å². The summed E-state index contributed by atoms with van der Waals surface area (Å²) >= 11 is 0. The Morgan fingerprint density at radius 3 is 3.08 bits per heavy atom. The normalized spacial score (nSPS) is 21.5. The summed E-state index contributed by atoms with van der Waals surface area (Å²) in [7, 11) is 0. The summed E-state index contributed by atoms with van der Waals surface area (Å²) < 4.78 is 0. The highest BCUT2D eigenvalue weighted by molar-refractivity contribution is 6.43. The molecule has 12 heavy (non-hydrogen) atoms. The van der Waals surface area contributed by atoms with Crippen LogP contribution in [0.2, 0.25) is 0 Å². The molecule has 0 saturated heterocycles. The number of amides is 1. The standard InChI is InChI=1S/C8H11N3O/c1-6-2-3-7(8(12)11-9)10-5-4-6/h2-6H,9H2,1H3,(H,11,12). The Morgan fingerprint density at radius 1 is 1.67 bits per heavy atom. The number of rotatable bonds is 1. The second-order valence-corrected chi connectivity index (χ2v) is 2.55. The molecule has 0 fully saturated rings. The predicted molar refractivity (Wildman–Crippen MR) is 47.2 cm³/mol. The first-order chi connectivity index (χ1) is 5.74. The van der Waals surface area contributed by atoms with Crippen LogP contribution < -0.4 is 11.3 Å². The van der Waals surface area contributed by atoms with Crippen molar-refractivity contribution in [3.63, 3.8) is 0 Å². The zero-order chi connectivity index (χ0) is 8.97. The Bertz CT molecular complexity index is 265. The minimum atomic E-state index is -0.370. The van der Waals surface area contributed by atoms with Gasteiger partial charge in [0.25, 0.3) is 5.91 Å². The number of nitrogens with one attached hydrogen (secondary N) is 1. The molecule has 0 aliphatic carbocycles. The van der Waals surface area contributed by atoms with E-state index in [1.54, 1.807) is 12.3 Å². The maximum Gasteiger partial charge on any atom is 0.283 e. The zero-order valence-corrected chi connectivity index (χ0v) is 6.82. The van der Waals surface area contributed by atoms with Crippen LogP contribution in [0.1, 0.15) is 6.92 Å². The van der Waals surface area contributed by atoms with Crippen LogP contribution in [0.5, 0.6) is 0 Å². The van der Waals surface area contributed by atoms with Gasteiger partial charge in [-0.1, -0.05) is 19.1 Å². The van der Waals surface area contributed by atoms with E-state index in [9.17, 15) is 4.79 Å². The monoisotopic (exact) mass is 165 g/mol. The number of allylic oxidation sites excluding steroid dienone is 2.